The summed E-state index contributed by atoms with van der Waals surface area (Å²) in [7, 11) is 0. The van der Waals surface area contributed by atoms with Crippen molar-refractivity contribution in [3.63, 3.8) is 0 Å². The highest BCUT2D eigenvalue weighted by molar-refractivity contribution is 6.30. The van der Waals surface area contributed by atoms with Crippen LogP contribution in [-0.4, -0.2) is 20.9 Å². The lowest BCUT2D eigenvalue weighted by Crippen LogP contribution is -2.17. The molecule has 0 bridgehead atoms. The molecule has 1 heterocycles. The maximum atomic E-state index is 12.5. The predicted molar refractivity (Wildman–Crippen MR) is 100 cm³/mol. The summed E-state index contributed by atoms with van der Waals surface area (Å²) >= 11 is 5.86. The Labute approximate surface area is 152 Å². The van der Waals surface area contributed by atoms with E-state index >= 15 is 0 Å². The predicted octanol–water partition coefficient (Wildman–Crippen LogP) is 3.48. The third-order valence-corrected chi connectivity index (χ3v) is 3.92. The van der Waals surface area contributed by atoms with Gasteiger partial charge in [-0.3, -0.25) is 25.4 Å². The average Bonchev–Trinajstić information content (AvgIpc) is 2.91. The zero-order valence-corrected chi connectivity index (χ0v) is 14.4. The molecule has 9 heteroatoms. The van der Waals surface area contributed by atoms with Crippen molar-refractivity contribution in [3.8, 4) is 5.69 Å². The molecule has 132 valence electrons. The van der Waals surface area contributed by atoms with Gasteiger partial charge in [-0.15, -0.1) is 0 Å². The first-order chi connectivity index (χ1) is 12.5. The number of rotatable bonds is 5. The van der Waals surface area contributed by atoms with Crippen molar-refractivity contribution >= 4 is 29.2 Å². The molecule has 3 aromatic rings. The van der Waals surface area contributed by atoms with E-state index in [2.05, 4.69) is 15.6 Å². The Morgan fingerprint density at radius 3 is 2.46 bits per heavy atom. The van der Waals surface area contributed by atoms with Gasteiger partial charge in [0.25, 0.3) is 11.2 Å². The molecule has 0 saturated carbocycles. The first kappa shape index (κ1) is 17.4. The van der Waals surface area contributed by atoms with Gasteiger partial charge in [0.05, 0.1) is 28.1 Å². The summed E-state index contributed by atoms with van der Waals surface area (Å²) in [5.74, 6) is 0. The Bertz CT molecular complexity index is 1020. The number of H-pyrrole nitrogens is 1. The van der Waals surface area contributed by atoms with Crippen LogP contribution in [0.15, 0.2) is 58.4 Å². The Morgan fingerprint density at radius 1 is 1.19 bits per heavy atom. The van der Waals surface area contributed by atoms with E-state index in [1.54, 1.807) is 31.2 Å². The topological polar surface area (TPSA) is 105 Å². The molecule has 0 fully saturated rings. The molecule has 3 rings (SSSR count). The number of hydrazone groups is 1. The second-order valence-electron chi connectivity index (χ2n) is 5.44. The summed E-state index contributed by atoms with van der Waals surface area (Å²) in [5.41, 5.74) is 4.75. The van der Waals surface area contributed by atoms with E-state index < -0.39 is 4.92 Å². The molecule has 0 amide bonds. The van der Waals surface area contributed by atoms with Crippen LogP contribution >= 0.6 is 11.6 Å². The van der Waals surface area contributed by atoms with Crippen molar-refractivity contribution < 1.29 is 4.92 Å². The van der Waals surface area contributed by atoms with Crippen molar-refractivity contribution in [1.29, 1.82) is 0 Å². The zero-order valence-electron chi connectivity index (χ0n) is 13.6. The molecule has 0 unspecified atom stereocenters. The van der Waals surface area contributed by atoms with Gasteiger partial charge in [-0.25, -0.2) is 4.68 Å². The van der Waals surface area contributed by atoms with E-state index in [1.165, 1.54) is 35.2 Å². The molecule has 2 N–H and O–H groups in total. The SMILES string of the molecule is Cc1[nH]n(-c2ccc(Cl)cc2)c(=O)c1/C=N/Nc1ccc([N+](=O)[O-])cc1. The fourth-order valence-electron chi connectivity index (χ4n) is 2.31. The van der Waals surface area contributed by atoms with E-state index in [0.29, 0.717) is 27.7 Å². The summed E-state index contributed by atoms with van der Waals surface area (Å²) < 4.78 is 1.40. The lowest BCUT2D eigenvalue weighted by atomic mass is 10.3. The average molecular weight is 372 g/mol. The molecular weight excluding hydrogens is 358 g/mol. The van der Waals surface area contributed by atoms with E-state index in [0.717, 1.165) is 0 Å². The molecule has 0 aliphatic carbocycles. The van der Waals surface area contributed by atoms with Crippen molar-refractivity contribution in [2.75, 3.05) is 5.43 Å². The Morgan fingerprint density at radius 2 is 1.85 bits per heavy atom. The smallest absolute Gasteiger partial charge is 0.280 e. The van der Waals surface area contributed by atoms with Gasteiger partial charge >= 0.3 is 0 Å². The largest absolute Gasteiger partial charge is 0.295 e. The quantitative estimate of drug-likeness (QED) is 0.407. The highest BCUT2D eigenvalue weighted by Gasteiger charge is 2.10. The van der Waals surface area contributed by atoms with Crippen LogP contribution < -0.4 is 11.0 Å². The number of anilines is 1. The van der Waals surface area contributed by atoms with Gasteiger partial charge in [-0.1, -0.05) is 11.6 Å². The zero-order chi connectivity index (χ0) is 18.7. The lowest BCUT2D eigenvalue weighted by Gasteiger charge is -2.00. The van der Waals surface area contributed by atoms with E-state index in [1.807, 2.05) is 0 Å². The molecular formula is C17H14ClN5O3. The minimum Gasteiger partial charge on any atom is -0.295 e. The Kier molecular flexibility index (Phi) is 4.85. The number of halogens is 1. The van der Waals surface area contributed by atoms with Crippen LogP contribution in [0, 0.1) is 17.0 Å². The third-order valence-electron chi connectivity index (χ3n) is 3.67. The molecule has 0 aliphatic heterocycles. The molecule has 26 heavy (non-hydrogen) atoms. The normalized spacial score (nSPS) is 11.0. The first-order valence-electron chi connectivity index (χ1n) is 7.57. The molecule has 8 nitrogen and oxygen atoms in total. The number of nitrogens with zero attached hydrogens (tertiary/aromatic N) is 3. The highest BCUT2D eigenvalue weighted by atomic mass is 35.5. The Hall–Kier alpha value is -3.39. The van der Waals surface area contributed by atoms with Crippen LogP contribution in [0.5, 0.6) is 0 Å². The number of aromatic amines is 1. The molecule has 1 aromatic heterocycles. The van der Waals surface area contributed by atoms with Crippen molar-refractivity contribution in [3.05, 3.63) is 85.3 Å². The van der Waals surface area contributed by atoms with E-state index in [-0.39, 0.29) is 11.2 Å². The van der Waals surface area contributed by atoms with E-state index in [4.69, 9.17) is 11.6 Å². The van der Waals surface area contributed by atoms with Gasteiger partial charge in [0, 0.05) is 22.8 Å². The molecule has 0 radical (unpaired) electrons. The van der Waals surface area contributed by atoms with E-state index in [9.17, 15) is 14.9 Å². The summed E-state index contributed by atoms with van der Waals surface area (Å²) in [6.45, 7) is 1.76. The van der Waals surface area contributed by atoms with Gasteiger partial charge in [-0.05, 0) is 43.3 Å². The van der Waals surface area contributed by atoms with Gasteiger partial charge < -0.3 is 0 Å². The molecule has 0 spiro atoms. The van der Waals surface area contributed by atoms with Crippen LogP contribution in [0.2, 0.25) is 5.02 Å². The minimum atomic E-state index is -0.477. The molecule has 0 atom stereocenters. The maximum absolute atomic E-state index is 12.5. The minimum absolute atomic E-state index is 0.00754. The van der Waals surface area contributed by atoms with Crippen molar-refractivity contribution in [2.45, 2.75) is 6.92 Å². The fraction of sp³-hybridized carbons (Fsp3) is 0.0588. The Balaban J connectivity index is 1.79. The van der Waals surface area contributed by atoms with Crippen molar-refractivity contribution in [1.82, 2.24) is 9.78 Å². The van der Waals surface area contributed by atoms with Gasteiger partial charge in [0.1, 0.15) is 0 Å². The van der Waals surface area contributed by atoms with Gasteiger partial charge in [0.2, 0.25) is 0 Å². The standard InChI is InChI=1S/C17H14ClN5O3/c1-11-16(10-19-20-13-4-8-15(9-5-13)23(25)26)17(24)22(21-11)14-6-2-12(18)3-7-14/h2-10,20-21H,1H3/b19-10+. The lowest BCUT2D eigenvalue weighted by molar-refractivity contribution is -0.384. The number of benzene rings is 2. The van der Waals surface area contributed by atoms with Crippen LogP contribution in [0.4, 0.5) is 11.4 Å². The second kappa shape index (κ2) is 7.24. The monoisotopic (exact) mass is 371 g/mol. The third kappa shape index (κ3) is 3.65. The molecule has 0 aliphatic rings. The summed E-state index contributed by atoms with van der Waals surface area (Å²) in [6, 6.07) is 12.7. The fourth-order valence-corrected chi connectivity index (χ4v) is 2.44. The number of nitro benzene ring substituents is 1. The van der Waals surface area contributed by atoms with Gasteiger partial charge in [0.15, 0.2) is 0 Å². The number of nitro groups is 1. The summed E-state index contributed by atoms with van der Waals surface area (Å²) in [4.78, 5) is 22.7. The van der Waals surface area contributed by atoms with Crippen LogP contribution in [0.3, 0.4) is 0 Å². The summed E-state index contributed by atoms with van der Waals surface area (Å²) in [5, 5.41) is 18.2. The summed E-state index contributed by atoms with van der Waals surface area (Å²) in [6.07, 6.45) is 1.40. The number of hydrogen-bond donors (Lipinski definition) is 2. The second-order valence-corrected chi connectivity index (χ2v) is 5.88. The highest BCUT2D eigenvalue weighted by Crippen LogP contribution is 2.15. The first-order valence-corrected chi connectivity index (χ1v) is 7.94. The molecule has 0 saturated heterocycles. The number of aromatic nitrogens is 2. The van der Waals surface area contributed by atoms with Crippen LogP contribution in [0.25, 0.3) is 5.69 Å². The number of aryl methyl sites for hydroxylation is 1. The van der Waals surface area contributed by atoms with Crippen molar-refractivity contribution in [2.24, 2.45) is 5.10 Å². The molecule has 2 aromatic carbocycles. The number of hydrogen-bond acceptors (Lipinski definition) is 5. The maximum Gasteiger partial charge on any atom is 0.280 e. The van der Waals surface area contributed by atoms with Crippen LogP contribution in [0.1, 0.15) is 11.3 Å². The van der Waals surface area contributed by atoms with Gasteiger partial charge in [-0.2, -0.15) is 5.10 Å². The van der Waals surface area contributed by atoms with Crippen LogP contribution in [-0.2, 0) is 0 Å². The number of nitrogens with one attached hydrogen (secondary N) is 2. The number of non-ortho nitro benzene ring substituents is 1.